The maximum atomic E-state index is 11.9. The first-order valence-electron chi connectivity index (χ1n) is 7.78. The van der Waals surface area contributed by atoms with Crippen LogP contribution < -0.4 is 10.6 Å². The molecule has 0 saturated carbocycles. The van der Waals surface area contributed by atoms with Crippen molar-refractivity contribution in [2.24, 2.45) is 5.92 Å². The predicted octanol–water partition coefficient (Wildman–Crippen LogP) is 2.19. The molecule has 1 fully saturated rings. The number of nitrogens with one attached hydrogen (secondary N) is 2. The number of amides is 1. The summed E-state index contributed by atoms with van der Waals surface area (Å²) >= 11 is 0. The highest BCUT2D eigenvalue weighted by Gasteiger charge is 2.20. The number of rotatable bonds is 5. The maximum Gasteiger partial charge on any atom is 0.225 e. The van der Waals surface area contributed by atoms with E-state index in [1.54, 1.807) is 0 Å². The summed E-state index contributed by atoms with van der Waals surface area (Å²) in [5, 5.41) is 7.31. The number of aromatic nitrogens is 1. The number of anilines is 1. The zero-order valence-corrected chi connectivity index (χ0v) is 12.5. The summed E-state index contributed by atoms with van der Waals surface area (Å²) in [6, 6.07) is 12.0. The van der Waals surface area contributed by atoms with E-state index in [4.69, 9.17) is 4.74 Å². The standard InChI is InChI=1S/C17H21N3O2/c21-17(14-5-3-11-22-12-14)19-10-9-18-16-8-7-13-4-1-2-6-15(13)20-16/h1-2,4,6-8,14H,3,5,9-12H2,(H,18,20)(H,19,21)/t14-/m1/s1. The molecule has 1 saturated heterocycles. The monoisotopic (exact) mass is 299 g/mol. The zero-order chi connectivity index (χ0) is 15.2. The molecule has 5 nitrogen and oxygen atoms in total. The number of hydrogen-bond acceptors (Lipinski definition) is 4. The number of fused-ring (bicyclic) bond motifs is 1. The Hall–Kier alpha value is -2.14. The Kier molecular flexibility index (Phi) is 4.85. The average Bonchev–Trinajstić information content (AvgIpc) is 2.59. The lowest BCUT2D eigenvalue weighted by molar-refractivity contribution is -0.128. The predicted molar refractivity (Wildman–Crippen MR) is 86.8 cm³/mol. The van der Waals surface area contributed by atoms with E-state index in [-0.39, 0.29) is 11.8 Å². The highest BCUT2D eigenvalue weighted by Crippen LogP contribution is 2.14. The second kappa shape index (κ2) is 7.22. The topological polar surface area (TPSA) is 63.2 Å². The SMILES string of the molecule is O=C(NCCNc1ccc2ccccc2n1)[C@@H]1CCCOC1. The van der Waals surface area contributed by atoms with E-state index in [1.165, 1.54) is 0 Å². The van der Waals surface area contributed by atoms with Gasteiger partial charge in [-0.1, -0.05) is 18.2 Å². The minimum absolute atomic E-state index is 0.00699. The first-order valence-corrected chi connectivity index (χ1v) is 7.78. The summed E-state index contributed by atoms with van der Waals surface area (Å²) in [6.07, 6.45) is 1.89. The Morgan fingerprint density at radius 3 is 3.00 bits per heavy atom. The van der Waals surface area contributed by atoms with E-state index in [0.717, 1.165) is 36.2 Å². The van der Waals surface area contributed by atoms with Crippen LogP contribution in [0.5, 0.6) is 0 Å². The third-order valence-corrected chi connectivity index (χ3v) is 3.86. The first kappa shape index (κ1) is 14.8. The van der Waals surface area contributed by atoms with Crippen LogP contribution in [-0.2, 0) is 9.53 Å². The number of carbonyl (C=O) groups is 1. The molecule has 2 heterocycles. The molecule has 5 heteroatoms. The summed E-state index contributed by atoms with van der Waals surface area (Å²) < 4.78 is 5.33. The minimum Gasteiger partial charge on any atom is -0.381 e. The van der Waals surface area contributed by atoms with Crippen LogP contribution in [0.4, 0.5) is 5.82 Å². The fourth-order valence-corrected chi connectivity index (χ4v) is 2.63. The van der Waals surface area contributed by atoms with Gasteiger partial charge in [-0.05, 0) is 31.0 Å². The number of ether oxygens (including phenoxy) is 1. The van der Waals surface area contributed by atoms with Crippen LogP contribution in [0, 0.1) is 5.92 Å². The largest absolute Gasteiger partial charge is 0.381 e. The smallest absolute Gasteiger partial charge is 0.225 e. The van der Waals surface area contributed by atoms with Gasteiger partial charge in [0.15, 0.2) is 0 Å². The van der Waals surface area contributed by atoms with Crippen molar-refractivity contribution >= 4 is 22.6 Å². The molecular formula is C17H21N3O2. The van der Waals surface area contributed by atoms with Crippen LogP contribution in [0.25, 0.3) is 10.9 Å². The number of hydrogen-bond donors (Lipinski definition) is 2. The maximum absolute atomic E-state index is 11.9. The lowest BCUT2D eigenvalue weighted by atomic mass is 10.0. The molecule has 2 N–H and O–H groups in total. The number of pyridine rings is 1. The van der Waals surface area contributed by atoms with Gasteiger partial charge in [0, 0.05) is 25.1 Å². The normalized spacial score (nSPS) is 18.1. The van der Waals surface area contributed by atoms with Crippen molar-refractivity contribution in [2.75, 3.05) is 31.6 Å². The van der Waals surface area contributed by atoms with Gasteiger partial charge in [0.2, 0.25) is 5.91 Å². The molecule has 0 aliphatic carbocycles. The van der Waals surface area contributed by atoms with Gasteiger partial charge in [0.1, 0.15) is 5.82 Å². The second-order valence-corrected chi connectivity index (χ2v) is 5.52. The molecule has 2 aromatic rings. The fourth-order valence-electron chi connectivity index (χ4n) is 2.63. The number of benzene rings is 1. The van der Waals surface area contributed by atoms with E-state index in [9.17, 15) is 4.79 Å². The number of nitrogens with zero attached hydrogens (tertiary/aromatic N) is 1. The van der Waals surface area contributed by atoms with Crippen LogP contribution in [0.15, 0.2) is 36.4 Å². The van der Waals surface area contributed by atoms with Crippen molar-refractivity contribution < 1.29 is 9.53 Å². The second-order valence-electron chi connectivity index (χ2n) is 5.52. The van der Waals surface area contributed by atoms with Gasteiger partial charge in [-0.15, -0.1) is 0 Å². The molecule has 0 bridgehead atoms. The van der Waals surface area contributed by atoms with E-state index in [1.807, 2.05) is 36.4 Å². The molecule has 1 aliphatic heterocycles. The molecule has 0 radical (unpaired) electrons. The molecule has 1 aromatic carbocycles. The third kappa shape index (κ3) is 3.74. The van der Waals surface area contributed by atoms with Crippen molar-refractivity contribution in [1.82, 2.24) is 10.3 Å². The molecule has 1 atom stereocenters. The molecule has 1 amide bonds. The Bertz CT molecular complexity index is 639. The van der Waals surface area contributed by atoms with Crippen molar-refractivity contribution in [1.29, 1.82) is 0 Å². The van der Waals surface area contributed by atoms with Crippen molar-refractivity contribution in [3.63, 3.8) is 0 Å². The summed E-state index contributed by atoms with van der Waals surface area (Å²) in [5.74, 6) is 0.925. The van der Waals surface area contributed by atoms with Gasteiger partial charge >= 0.3 is 0 Å². The lowest BCUT2D eigenvalue weighted by Crippen LogP contribution is -2.37. The lowest BCUT2D eigenvalue weighted by Gasteiger charge is -2.21. The number of para-hydroxylation sites is 1. The van der Waals surface area contributed by atoms with E-state index in [2.05, 4.69) is 15.6 Å². The van der Waals surface area contributed by atoms with Crippen molar-refractivity contribution in [3.8, 4) is 0 Å². The third-order valence-electron chi connectivity index (χ3n) is 3.86. The highest BCUT2D eigenvalue weighted by atomic mass is 16.5. The van der Waals surface area contributed by atoms with Gasteiger partial charge in [0.05, 0.1) is 18.0 Å². The molecule has 0 unspecified atom stereocenters. The van der Waals surface area contributed by atoms with Crippen LogP contribution in [0.1, 0.15) is 12.8 Å². The van der Waals surface area contributed by atoms with E-state index in [0.29, 0.717) is 19.7 Å². The summed E-state index contributed by atoms with van der Waals surface area (Å²) in [6.45, 7) is 2.57. The molecular weight excluding hydrogens is 278 g/mol. The molecule has 1 aliphatic rings. The van der Waals surface area contributed by atoms with Crippen molar-refractivity contribution in [2.45, 2.75) is 12.8 Å². The Labute approximate surface area is 130 Å². The van der Waals surface area contributed by atoms with Crippen LogP contribution in [-0.4, -0.2) is 37.2 Å². The molecule has 1 aromatic heterocycles. The molecule has 22 heavy (non-hydrogen) atoms. The van der Waals surface area contributed by atoms with Gasteiger partial charge in [-0.25, -0.2) is 4.98 Å². The Morgan fingerprint density at radius 2 is 2.14 bits per heavy atom. The highest BCUT2D eigenvalue weighted by molar-refractivity contribution is 5.80. The summed E-state index contributed by atoms with van der Waals surface area (Å²) in [4.78, 5) is 16.5. The van der Waals surface area contributed by atoms with Crippen LogP contribution in [0.3, 0.4) is 0 Å². The fraction of sp³-hybridized carbons (Fsp3) is 0.412. The Balaban J connectivity index is 1.44. The number of carbonyl (C=O) groups excluding carboxylic acids is 1. The van der Waals surface area contributed by atoms with Crippen molar-refractivity contribution in [3.05, 3.63) is 36.4 Å². The first-order chi connectivity index (χ1) is 10.8. The van der Waals surface area contributed by atoms with Gasteiger partial charge in [0.25, 0.3) is 0 Å². The zero-order valence-electron chi connectivity index (χ0n) is 12.5. The average molecular weight is 299 g/mol. The Morgan fingerprint density at radius 1 is 1.23 bits per heavy atom. The van der Waals surface area contributed by atoms with E-state index < -0.39 is 0 Å². The molecule has 0 spiro atoms. The summed E-state index contributed by atoms with van der Waals surface area (Å²) in [7, 11) is 0. The van der Waals surface area contributed by atoms with Gasteiger partial charge in [-0.3, -0.25) is 4.79 Å². The van der Waals surface area contributed by atoms with Crippen LogP contribution >= 0.6 is 0 Å². The quantitative estimate of drug-likeness (QED) is 0.831. The van der Waals surface area contributed by atoms with Crippen LogP contribution in [0.2, 0.25) is 0 Å². The molecule has 3 rings (SSSR count). The van der Waals surface area contributed by atoms with Gasteiger partial charge < -0.3 is 15.4 Å². The minimum atomic E-state index is 0.00699. The van der Waals surface area contributed by atoms with Gasteiger partial charge in [-0.2, -0.15) is 0 Å². The van der Waals surface area contributed by atoms with E-state index >= 15 is 0 Å². The summed E-state index contributed by atoms with van der Waals surface area (Å²) in [5.41, 5.74) is 0.968. The molecule has 116 valence electrons.